The third-order valence-electron chi connectivity index (χ3n) is 1.69. The Hall–Kier alpha value is -1.30. The van der Waals surface area contributed by atoms with E-state index in [0.717, 1.165) is 0 Å². The molecular weight excluding hydrogens is 232 g/mol. The van der Waals surface area contributed by atoms with E-state index in [-0.39, 0.29) is 24.3 Å². The highest BCUT2D eigenvalue weighted by molar-refractivity contribution is 6.16. The van der Waals surface area contributed by atoms with Crippen LogP contribution in [0.2, 0.25) is 0 Å². The van der Waals surface area contributed by atoms with Crippen molar-refractivity contribution in [3.8, 4) is 0 Å². The summed E-state index contributed by atoms with van der Waals surface area (Å²) in [5, 5.41) is 12.8. The average molecular weight is 247 g/mol. The average Bonchev–Trinajstić information content (AvgIpc) is 2.71. The van der Waals surface area contributed by atoms with E-state index in [4.69, 9.17) is 16.0 Å². The molecule has 0 aliphatic carbocycles. The van der Waals surface area contributed by atoms with Gasteiger partial charge in [0, 0.05) is 6.54 Å². The van der Waals surface area contributed by atoms with Crippen molar-refractivity contribution in [3.05, 3.63) is 5.89 Å². The number of carbonyl (C=O) groups is 1. The summed E-state index contributed by atoms with van der Waals surface area (Å²) >= 11 is 5.48. The van der Waals surface area contributed by atoms with Crippen molar-refractivity contribution in [1.82, 2.24) is 15.5 Å². The number of rotatable bonds is 6. The standard InChI is InChI=1S/C9H15ClN4O2/c1-6(2)4-11-7(15)5-12-9-14-13-8(3-10)16-9/h6H,3-5H2,1-2H3,(H,11,15)(H,12,14). The van der Waals surface area contributed by atoms with Gasteiger partial charge in [0.1, 0.15) is 5.88 Å². The van der Waals surface area contributed by atoms with Crippen LogP contribution >= 0.6 is 11.6 Å². The quantitative estimate of drug-likeness (QED) is 0.732. The summed E-state index contributed by atoms with van der Waals surface area (Å²) in [5.41, 5.74) is 0. The Bertz CT molecular complexity index is 340. The summed E-state index contributed by atoms with van der Waals surface area (Å²) in [6, 6.07) is 0.204. The zero-order chi connectivity index (χ0) is 12.0. The molecule has 1 aromatic rings. The molecule has 1 rings (SSSR count). The van der Waals surface area contributed by atoms with Crippen LogP contribution in [0.1, 0.15) is 19.7 Å². The van der Waals surface area contributed by atoms with E-state index < -0.39 is 0 Å². The van der Waals surface area contributed by atoms with Crippen molar-refractivity contribution in [2.24, 2.45) is 5.92 Å². The van der Waals surface area contributed by atoms with Gasteiger partial charge in [0.15, 0.2) is 0 Å². The van der Waals surface area contributed by atoms with Gasteiger partial charge in [0.2, 0.25) is 11.8 Å². The molecule has 1 heterocycles. The first-order valence-electron chi connectivity index (χ1n) is 5.00. The first kappa shape index (κ1) is 12.8. The van der Waals surface area contributed by atoms with Crippen LogP contribution in [-0.4, -0.2) is 29.2 Å². The molecular formula is C9H15ClN4O2. The molecule has 0 atom stereocenters. The molecule has 0 saturated carbocycles. The van der Waals surface area contributed by atoms with Crippen molar-refractivity contribution in [2.45, 2.75) is 19.7 Å². The van der Waals surface area contributed by atoms with E-state index in [9.17, 15) is 4.79 Å². The third-order valence-corrected chi connectivity index (χ3v) is 1.92. The van der Waals surface area contributed by atoms with Crippen molar-refractivity contribution < 1.29 is 9.21 Å². The Morgan fingerprint density at radius 3 is 2.81 bits per heavy atom. The molecule has 1 aromatic heterocycles. The summed E-state index contributed by atoms with van der Waals surface area (Å²) in [6.07, 6.45) is 0. The first-order chi connectivity index (χ1) is 7.61. The maximum Gasteiger partial charge on any atom is 0.315 e. The van der Waals surface area contributed by atoms with Gasteiger partial charge in [0.25, 0.3) is 0 Å². The number of halogens is 1. The topological polar surface area (TPSA) is 80.0 Å². The Morgan fingerprint density at radius 1 is 1.50 bits per heavy atom. The minimum absolute atomic E-state index is 0.108. The van der Waals surface area contributed by atoms with Gasteiger partial charge in [-0.15, -0.1) is 16.7 Å². The molecule has 1 amide bonds. The van der Waals surface area contributed by atoms with Crippen LogP contribution < -0.4 is 10.6 Å². The molecule has 16 heavy (non-hydrogen) atoms. The van der Waals surface area contributed by atoms with Crippen LogP contribution in [0, 0.1) is 5.92 Å². The Kier molecular flexibility index (Phi) is 5.04. The van der Waals surface area contributed by atoms with Gasteiger partial charge < -0.3 is 15.1 Å². The summed E-state index contributed by atoms with van der Waals surface area (Å²) in [6.45, 7) is 4.81. The molecule has 0 radical (unpaired) electrons. The smallest absolute Gasteiger partial charge is 0.315 e. The second-order valence-corrected chi connectivity index (χ2v) is 3.95. The van der Waals surface area contributed by atoms with Crippen LogP contribution in [0.4, 0.5) is 6.01 Å². The summed E-state index contributed by atoms with van der Waals surface area (Å²) < 4.78 is 5.06. The maximum atomic E-state index is 11.3. The number of hydrogen-bond acceptors (Lipinski definition) is 5. The van der Waals surface area contributed by atoms with Gasteiger partial charge in [-0.25, -0.2) is 0 Å². The van der Waals surface area contributed by atoms with E-state index in [1.165, 1.54) is 0 Å². The zero-order valence-corrected chi connectivity index (χ0v) is 10.0. The van der Waals surface area contributed by atoms with E-state index >= 15 is 0 Å². The van der Waals surface area contributed by atoms with E-state index in [1.54, 1.807) is 0 Å². The number of anilines is 1. The first-order valence-corrected chi connectivity index (χ1v) is 5.54. The molecule has 0 fully saturated rings. The van der Waals surface area contributed by atoms with E-state index in [1.807, 2.05) is 13.8 Å². The van der Waals surface area contributed by atoms with Gasteiger partial charge in [-0.2, -0.15) is 0 Å². The summed E-state index contributed by atoms with van der Waals surface area (Å²) in [7, 11) is 0. The third kappa shape index (κ3) is 4.48. The Balaban J connectivity index is 2.26. The van der Waals surface area contributed by atoms with Crippen molar-refractivity contribution in [2.75, 3.05) is 18.4 Å². The van der Waals surface area contributed by atoms with Crippen LogP contribution in [0.3, 0.4) is 0 Å². The highest BCUT2D eigenvalue weighted by Gasteiger charge is 2.06. The number of alkyl halides is 1. The monoisotopic (exact) mass is 246 g/mol. The van der Waals surface area contributed by atoms with Gasteiger partial charge in [-0.3, -0.25) is 4.79 Å². The SMILES string of the molecule is CC(C)CNC(=O)CNc1nnc(CCl)o1. The maximum absolute atomic E-state index is 11.3. The number of amides is 1. The number of nitrogens with zero attached hydrogens (tertiary/aromatic N) is 2. The molecule has 90 valence electrons. The molecule has 0 unspecified atom stereocenters. The van der Waals surface area contributed by atoms with Crippen molar-refractivity contribution in [1.29, 1.82) is 0 Å². The second-order valence-electron chi connectivity index (χ2n) is 3.69. The van der Waals surface area contributed by atoms with E-state index in [2.05, 4.69) is 20.8 Å². The number of aromatic nitrogens is 2. The highest BCUT2D eigenvalue weighted by Crippen LogP contribution is 2.06. The van der Waals surface area contributed by atoms with Crippen LogP contribution in [0.15, 0.2) is 4.42 Å². The second kappa shape index (κ2) is 6.32. The number of hydrogen-bond donors (Lipinski definition) is 2. The molecule has 0 aliphatic rings. The van der Waals surface area contributed by atoms with Gasteiger partial charge in [0.05, 0.1) is 6.54 Å². The van der Waals surface area contributed by atoms with Crippen LogP contribution in [0.25, 0.3) is 0 Å². The van der Waals surface area contributed by atoms with E-state index in [0.29, 0.717) is 18.4 Å². The highest BCUT2D eigenvalue weighted by atomic mass is 35.5. The lowest BCUT2D eigenvalue weighted by molar-refractivity contribution is -0.119. The minimum Gasteiger partial charge on any atom is -0.407 e. The molecule has 2 N–H and O–H groups in total. The predicted molar refractivity (Wildman–Crippen MR) is 60.2 cm³/mol. The molecule has 0 aromatic carbocycles. The van der Waals surface area contributed by atoms with Gasteiger partial charge >= 0.3 is 6.01 Å². The normalized spacial score (nSPS) is 10.5. The van der Waals surface area contributed by atoms with Crippen molar-refractivity contribution >= 4 is 23.5 Å². The minimum atomic E-state index is -0.112. The largest absolute Gasteiger partial charge is 0.407 e. The predicted octanol–water partition coefficient (Wildman–Crippen LogP) is 0.992. The molecule has 6 nitrogen and oxygen atoms in total. The van der Waals surface area contributed by atoms with Gasteiger partial charge in [-0.1, -0.05) is 18.9 Å². The van der Waals surface area contributed by atoms with Crippen molar-refractivity contribution in [3.63, 3.8) is 0 Å². The molecule has 0 spiro atoms. The number of carbonyl (C=O) groups excluding carboxylic acids is 1. The summed E-state index contributed by atoms with van der Waals surface area (Å²) in [4.78, 5) is 11.3. The lowest BCUT2D eigenvalue weighted by atomic mass is 10.2. The number of nitrogens with one attached hydrogen (secondary N) is 2. The molecule has 0 bridgehead atoms. The fraction of sp³-hybridized carbons (Fsp3) is 0.667. The fourth-order valence-electron chi connectivity index (χ4n) is 0.915. The summed E-state index contributed by atoms with van der Waals surface area (Å²) in [5.74, 6) is 0.801. The zero-order valence-electron chi connectivity index (χ0n) is 9.29. The molecule has 7 heteroatoms. The van der Waals surface area contributed by atoms with Gasteiger partial charge in [-0.05, 0) is 5.92 Å². The molecule has 0 saturated heterocycles. The van der Waals surface area contributed by atoms with Crippen LogP contribution in [-0.2, 0) is 10.7 Å². The lowest BCUT2D eigenvalue weighted by Gasteiger charge is -2.07. The Morgan fingerprint density at radius 2 is 2.25 bits per heavy atom. The van der Waals surface area contributed by atoms with Crippen LogP contribution in [0.5, 0.6) is 0 Å². The lowest BCUT2D eigenvalue weighted by Crippen LogP contribution is -2.32. The fourth-order valence-corrected chi connectivity index (χ4v) is 1.02. The molecule has 0 aliphatic heterocycles. The Labute approximate surface area is 98.8 Å².